The largest absolute Gasteiger partial charge is 0.573 e. The lowest BCUT2D eigenvalue weighted by Crippen LogP contribution is -2.16. The van der Waals surface area contributed by atoms with Crippen LogP contribution in [-0.2, 0) is 0 Å². The standard InChI is InChI=1S/C21H17F3N2O5/c22-21(23,24)31-16-7-5-15(6-8-16)30-14-3-1-12(2-4-14)13-9-17(19(28)11-27)26-18(10-13)20(25)29/h1-10,19,27-28H,11H2,(H2,25,29)/t19-/m0/s1. The van der Waals surface area contributed by atoms with E-state index in [1.54, 1.807) is 24.3 Å². The van der Waals surface area contributed by atoms with Crippen molar-refractivity contribution in [3.63, 3.8) is 0 Å². The number of hydrogen-bond donors (Lipinski definition) is 3. The molecule has 31 heavy (non-hydrogen) atoms. The normalized spacial score (nSPS) is 12.3. The number of primary amides is 1. The molecule has 162 valence electrons. The molecule has 3 rings (SSSR count). The molecule has 0 radical (unpaired) electrons. The Hall–Kier alpha value is -3.63. The minimum Gasteiger partial charge on any atom is -0.457 e. The number of rotatable bonds is 7. The summed E-state index contributed by atoms with van der Waals surface area (Å²) in [6, 6.07) is 14.5. The minimum atomic E-state index is -4.77. The zero-order valence-corrected chi connectivity index (χ0v) is 15.8. The van der Waals surface area contributed by atoms with E-state index in [1.807, 2.05) is 0 Å². The molecular formula is C21H17F3N2O5. The van der Waals surface area contributed by atoms with E-state index in [9.17, 15) is 23.1 Å². The van der Waals surface area contributed by atoms with Crippen molar-refractivity contribution in [3.05, 3.63) is 72.1 Å². The molecule has 10 heteroatoms. The fourth-order valence-electron chi connectivity index (χ4n) is 2.67. The molecule has 0 aliphatic heterocycles. The number of halogens is 3. The van der Waals surface area contributed by atoms with Crippen LogP contribution < -0.4 is 15.2 Å². The molecule has 2 aromatic carbocycles. The van der Waals surface area contributed by atoms with Crippen LogP contribution in [0.4, 0.5) is 13.2 Å². The van der Waals surface area contributed by atoms with Crippen molar-refractivity contribution in [1.82, 2.24) is 4.98 Å². The van der Waals surface area contributed by atoms with Crippen LogP contribution in [0.2, 0.25) is 0 Å². The number of aliphatic hydroxyl groups excluding tert-OH is 2. The van der Waals surface area contributed by atoms with Crippen LogP contribution in [-0.4, -0.2) is 34.1 Å². The topological polar surface area (TPSA) is 115 Å². The number of aliphatic hydroxyl groups is 2. The highest BCUT2D eigenvalue weighted by molar-refractivity contribution is 5.92. The molecule has 1 amide bonds. The Labute approximate surface area is 174 Å². The summed E-state index contributed by atoms with van der Waals surface area (Å²) in [6.45, 7) is -0.575. The Kier molecular flexibility index (Phi) is 6.42. The summed E-state index contributed by atoms with van der Waals surface area (Å²) < 4.78 is 46.1. The molecule has 0 bridgehead atoms. The third-order valence-electron chi connectivity index (χ3n) is 4.09. The van der Waals surface area contributed by atoms with Crippen LogP contribution in [0.5, 0.6) is 17.2 Å². The van der Waals surface area contributed by atoms with Crippen molar-refractivity contribution < 1.29 is 37.7 Å². The van der Waals surface area contributed by atoms with Crippen molar-refractivity contribution in [2.24, 2.45) is 5.73 Å². The Balaban J connectivity index is 1.79. The predicted molar refractivity (Wildman–Crippen MR) is 103 cm³/mol. The van der Waals surface area contributed by atoms with Gasteiger partial charge in [0.25, 0.3) is 5.91 Å². The van der Waals surface area contributed by atoms with Crippen molar-refractivity contribution in [1.29, 1.82) is 0 Å². The summed E-state index contributed by atoms with van der Waals surface area (Å²) in [5.74, 6) is -0.436. The Morgan fingerprint density at radius 2 is 1.52 bits per heavy atom. The molecule has 1 atom stereocenters. The van der Waals surface area contributed by atoms with E-state index in [4.69, 9.17) is 15.6 Å². The fourth-order valence-corrected chi connectivity index (χ4v) is 2.67. The number of nitrogens with two attached hydrogens (primary N) is 1. The zero-order chi connectivity index (χ0) is 22.6. The molecule has 7 nitrogen and oxygen atoms in total. The van der Waals surface area contributed by atoms with Gasteiger partial charge in [-0.05, 0) is 59.7 Å². The fraction of sp³-hybridized carbons (Fsp3) is 0.143. The van der Waals surface area contributed by atoms with Gasteiger partial charge in [0, 0.05) is 0 Å². The number of nitrogens with zero attached hydrogens (tertiary/aromatic N) is 1. The highest BCUT2D eigenvalue weighted by Crippen LogP contribution is 2.29. The summed E-state index contributed by atoms with van der Waals surface area (Å²) in [4.78, 5) is 15.5. The van der Waals surface area contributed by atoms with Gasteiger partial charge in [0.1, 0.15) is 29.0 Å². The predicted octanol–water partition coefficient (Wildman–Crippen LogP) is 3.56. The molecule has 0 fully saturated rings. The first-order chi connectivity index (χ1) is 14.6. The number of pyridine rings is 1. The van der Waals surface area contributed by atoms with Crippen LogP contribution in [0.25, 0.3) is 11.1 Å². The lowest BCUT2D eigenvalue weighted by atomic mass is 10.0. The lowest BCUT2D eigenvalue weighted by molar-refractivity contribution is -0.274. The van der Waals surface area contributed by atoms with Gasteiger partial charge in [-0.1, -0.05) is 12.1 Å². The smallest absolute Gasteiger partial charge is 0.457 e. The van der Waals surface area contributed by atoms with Gasteiger partial charge >= 0.3 is 6.36 Å². The monoisotopic (exact) mass is 434 g/mol. The second kappa shape index (κ2) is 9.02. The SMILES string of the molecule is NC(=O)c1cc(-c2ccc(Oc3ccc(OC(F)(F)F)cc3)cc2)cc([C@@H](O)CO)n1. The van der Waals surface area contributed by atoms with Crippen LogP contribution in [0.15, 0.2) is 60.7 Å². The zero-order valence-electron chi connectivity index (χ0n) is 15.8. The van der Waals surface area contributed by atoms with Crippen LogP contribution in [0.1, 0.15) is 22.3 Å². The van der Waals surface area contributed by atoms with Crippen molar-refractivity contribution >= 4 is 5.91 Å². The molecule has 0 unspecified atom stereocenters. The number of carbonyl (C=O) groups is 1. The summed E-state index contributed by atoms with van der Waals surface area (Å²) in [6.07, 6.45) is -6.04. The van der Waals surface area contributed by atoms with E-state index < -0.39 is 25.0 Å². The van der Waals surface area contributed by atoms with E-state index >= 15 is 0 Å². The number of amides is 1. The molecule has 0 saturated carbocycles. The van der Waals surface area contributed by atoms with Crippen LogP contribution >= 0.6 is 0 Å². The van der Waals surface area contributed by atoms with Gasteiger partial charge in [-0.15, -0.1) is 13.2 Å². The maximum Gasteiger partial charge on any atom is 0.573 e. The Bertz CT molecular complexity index is 1050. The van der Waals surface area contributed by atoms with Crippen LogP contribution in [0.3, 0.4) is 0 Å². The van der Waals surface area contributed by atoms with Gasteiger partial charge < -0.3 is 25.4 Å². The maximum absolute atomic E-state index is 12.2. The summed E-state index contributed by atoms with van der Waals surface area (Å²) in [7, 11) is 0. The summed E-state index contributed by atoms with van der Waals surface area (Å²) in [5, 5.41) is 19.0. The third kappa shape index (κ3) is 5.93. The van der Waals surface area contributed by atoms with E-state index in [0.717, 1.165) is 12.1 Å². The third-order valence-corrected chi connectivity index (χ3v) is 4.09. The molecule has 0 aliphatic rings. The first-order valence-corrected chi connectivity index (χ1v) is 8.89. The molecule has 0 aliphatic carbocycles. The van der Waals surface area contributed by atoms with Gasteiger partial charge in [-0.25, -0.2) is 4.98 Å². The molecule has 3 aromatic rings. The van der Waals surface area contributed by atoms with E-state index in [-0.39, 0.29) is 17.1 Å². The maximum atomic E-state index is 12.2. The van der Waals surface area contributed by atoms with Gasteiger partial charge in [0.2, 0.25) is 0 Å². The second-order valence-electron chi connectivity index (χ2n) is 6.37. The molecule has 1 heterocycles. The number of hydrogen-bond acceptors (Lipinski definition) is 6. The first-order valence-electron chi connectivity index (χ1n) is 8.89. The van der Waals surface area contributed by atoms with Crippen molar-refractivity contribution in [2.75, 3.05) is 6.61 Å². The number of benzene rings is 2. The summed E-state index contributed by atoms with van der Waals surface area (Å²) >= 11 is 0. The van der Waals surface area contributed by atoms with Gasteiger partial charge in [-0.3, -0.25) is 4.79 Å². The molecule has 0 saturated heterocycles. The van der Waals surface area contributed by atoms with Crippen molar-refractivity contribution in [2.45, 2.75) is 12.5 Å². The first kappa shape index (κ1) is 22.1. The highest BCUT2D eigenvalue weighted by atomic mass is 19.4. The Morgan fingerprint density at radius 1 is 0.968 bits per heavy atom. The van der Waals surface area contributed by atoms with Crippen LogP contribution in [0, 0.1) is 0 Å². The van der Waals surface area contributed by atoms with Gasteiger partial charge in [0.05, 0.1) is 12.3 Å². The molecule has 1 aromatic heterocycles. The number of aromatic nitrogens is 1. The summed E-state index contributed by atoms with van der Waals surface area (Å²) in [5.41, 5.74) is 6.50. The van der Waals surface area contributed by atoms with E-state index in [2.05, 4.69) is 9.72 Å². The van der Waals surface area contributed by atoms with E-state index in [1.165, 1.54) is 24.3 Å². The second-order valence-corrected chi connectivity index (χ2v) is 6.37. The average Bonchev–Trinajstić information content (AvgIpc) is 2.73. The average molecular weight is 434 g/mol. The number of ether oxygens (including phenoxy) is 2. The van der Waals surface area contributed by atoms with Crippen molar-refractivity contribution in [3.8, 4) is 28.4 Å². The molecule has 0 spiro atoms. The van der Waals surface area contributed by atoms with Gasteiger partial charge in [0.15, 0.2) is 0 Å². The number of carbonyl (C=O) groups excluding carboxylic acids is 1. The lowest BCUT2D eigenvalue weighted by Gasteiger charge is -2.12. The Morgan fingerprint density at radius 3 is 2.03 bits per heavy atom. The molecular weight excluding hydrogens is 417 g/mol. The highest BCUT2D eigenvalue weighted by Gasteiger charge is 2.31. The minimum absolute atomic E-state index is 0.0681. The number of alkyl halides is 3. The van der Waals surface area contributed by atoms with E-state index in [0.29, 0.717) is 22.6 Å². The molecule has 4 N–H and O–H groups in total. The van der Waals surface area contributed by atoms with Gasteiger partial charge in [-0.2, -0.15) is 0 Å². The quantitative estimate of drug-likeness (QED) is 0.524.